The Labute approximate surface area is 204 Å². The van der Waals surface area contributed by atoms with Gasteiger partial charge in [0.25, 0.3) is 5.56 Å². The first kappa shape index (κ1) is 22.7. The Morgan fingerprint density at radius 2 is 1.85 bits per heavy atom. The minimum atomic E-state index is -0.405. The molecular formula is C25H23ClN4O3S. The normalized spacial score (nSPS) is 11.7. The van der Waals surface area contributed by atoms with Crippen LogP contribution in [0.3, 0.4) is 0 Å². The molecule has 7 nitrogen and oxygen atoms in total. The summed E-state index contributed by atoms with van der Waals surface area (Å²) >= 11 is 7.90. The highest BCUT2D eigenvalue weighted by Crippen LogP contribution is 2.30. The molecule has 0 unspecified atom stereocenters. The minimum Gasteiger partial charge on any atom is -0.423 e. The van der Waals surface area contributed by atoms with E-state index < -0.39 is 5.63 Å². The van der Waals surface area contributed by atoms with Gasteiger partial charge < -0.3 is 4.42 Å². The van der Waals surface area contributed by atoms with Crippen molar-refractivity contribution in [3.8, 4) is 0 Å². The van der Waals surface area contributed by atoms with Crippen LogP contribution in [-0.2, 0) is 18.7 Å². The largest absolute Gasteiger partial charge is 0.423 e. The van der Waals surface area contributed by atoms with E-state index in [1.807, 2.05) is 47.7 Å². The molecule has 3 heterocycles. The lowest BCUT2D eigenvalue weighted by atomic mass is 10.1. The summed E-state index contributed by atoms with van der Waals surface area (Å²) in [6.07, 6.45) is 2.58. The average molecular weight is 495 g/mol. The summed E-state index contributed by atoms with van der Waals surface area (Å²) in [7, 11) is 0. The molecule has 174 valence electrons. The molecule has 9 heteroatoms. The second kappa shape index (κ2) is 9.27. The lowest BCUT2D eigenvalue weighted by Crippen LogP contribution is -2.23. The Balaban J connectivity index is 1.61. The van der Waals surface area contributed by atoms with Crippen LogP contribution in [0, 0.1) is 0 Å². The first-order valence-electron chi connectivity index (χ1n) is 11.3. The molecule has 0 spiro atoms. The topological polar surface area (TPSA) is 82.4 Å². The molecule has 0 saturated heterocycles. The number of fused-ring (bicyclic) bond motifs is 4. The highest BCUT2D eigenvalue weighted by molar-refractivity contribution is 7.98. The third-order valence-electron chi connectivity index (χ3n) is 5.95. The van der Waals surface area contributed by atoms with Crippen LogP contribution in [0.5, 0.6) is 0 Å². The van der Waals surface area contributed by atoms with Crippen molar-refractivity contribution in [2.75, 3.05) is 0 Å². The molecule has 2 aromatic carbocycles. The van der Waals surface area contributed by atoms with Gasteiger partial charge in [-0.2, -0.15) is 0 Å². The van der Waals surface area contributed by atoms with Crippen molar-refractivity contribution in [1.82, 2.24) is 19.2 Å². The zero-order valence-electron chi connectivity index (χ0n) is 18.9. The monoisotopic (exact) mass is 494 g/mol. The average Bonchev–Trinajstić information content (AvgIpc) is 3.26. The first-order chi connectivity index (χ1) is 16.5. The molecule has 0 amide bonds. The third kappa shape index (κ3) is 3.91. The van der Waals surface area contributed by atoms with E-state index in [0.29, 0.717) is 39.2 Å². The number of hydrogen-bond acceptors (Lipinski definition) is 6. The fourth-order valence-corrected chi connectivity index (χ4v) is 5.39. The van der Waals surface area contributed by atoms with Gasteiger partial charge in [-0.3, -0.25) is 13.8 Å². The number of unbranched alkanes of at least 4 members (excludes halogenated alkanes) is 1. The van der Waals surface area contributed by atoms with E-state index in [0.717, 1.165) is 41.3 Å². The van der Waals surface area contributed by atoms with Gasteiger partial charge in [0.2, 0.25) is 5.78 Å². The summed E-state index contributed by atoms with van der Waals surface area (Å²) in [5, 5.41) is 11.5. The Kier molecular flexibility index (Phi) is 6.18. The van der Waals surface area contributed by atoms with E-state index in [9.17, 15) is 9.59 Å². The van der Waals surface area contributed by atoms with Crippen molar-refractivity contribution in [2.45, 2.75) is 50.6 Å². The fraction of sp³-hybridized carbons (Fsp3) is 0.280. The van der Waals surface area contributed by atoms with Gasteiger partial charge in [-0.1, -0.05) is 55.8 Å². The maximum atomic E-state index is 13.1. The Morgan fingerprint density at radius 3 is 2.65 bits per heavy atom. The number of aromatic nitrogens is 4. The van der Waals surface area contributed by atoms with E-state index in [4.69, 9.17) is 16.0 Å². The van der Waals surface area contributed by atoms with Gasteiger partial charge in [-0.05, 0) is 48.2 Å². The van der Waals surface area contributed by atoms with Gasteiger partial charge in [0, 0.05) is 28.8 Å². The van der Waals surface area contributed by atoms with Gasteiger partial charge in [-0.15, -0.1) is 10.2 Å². The molecule has 0 aliphatic rings. The molecule has 0 fully saturated rings. The Morgan fingerprint density at radius 1 is 1.03 bits per heavy atom. The van der Waals surface area contributed by atoms with E-state index in [2.05, 4.69) is 17.1 Å². The predicted molar refractivity (Wildman–Crippen MR) is 136 cm³/mol. The molecule has 0 atom stereocenters. The van der Waals surface area contributed by atoms with E-state index in [1.54, 1.807) is 4.57 Å². The van der Waals surface area contributed by atoms with E-state index in [1.165, 1.54) is 17.8 Å². The van der Waals surface area contributed by atoms with Crippen molar-refractivity contribution in [3.05, 3.63) is 79.4 Å². The lowest BCUT2D eigenvalue weighted by molar-refractivity contribution is 0.559. The van der Waals surface area contributed by atoms with Crippen molar-refractivity contribution in [2.24, 2.45) is 0 Å². The zero-order valence-corrected chi connectivity index (χ0v) is 20.4. The van der Waals surface area contributed by atoms with Crippen LogP contribution in [0.25, 0.3) is 27.6 Å². The zero-order chi connectivity index (χ0) is 23.8. The summed E-state index contributed by atoms with van der Waals surface area (Å²) in [6, 6.07) is 12.7. The smallest absolute Gasteiger partial charge is 0.336 e. The number of benzene rings is 2. The first-order valence-corrected chi connectivity index (χ1v) is 12.6. The number of hydrogen-bond donors (Lipinski definition) is 0. The molecule has 3 aromatic heterocycles. The van der Waals surface area contributed by atoms with E-state index >= 15 is 0 Å². The second-order valence-corrected chi connectivity index (χ2v) is 9.47. The highest BCUT2D eigenvalue weighted by atomic mass is 35.5. The Bertz CT molecular complexity index is 1650. The summed E-state index contributed by atoms with van der Waals surface area (Å²) in [5.74, 6) is 0.986. The molecule has 0 aliphatic heterocycles. The van der Waals surface area contributed by atoms with Crippen molar-refractivity contribution >= 4 is 51.0 Å². The molecule has 0 saturated carbocycles. The number of rotatable bonds is 7. The summed E-state index contributed by atoms with van der Waals surface area (Å²) in [5.41, 5.74) is 2.55. The highest BCUT2D eigenvalue weighted by Gasteiger charge is 2.17. The van der Waals surface area contributed by atoms with E-state index in [-0.39, 0.29) is 5.56 Å². The maximum absolute atomic E-state index is 13.1. The van der Waals surface area contributed by atoms with Crippen LogP contribution in [-0.4, -0.2) is 19.2 Å². The Hall–Kier alpha value is -3.10. The fourth-order valence-electron chi connectivity index (χ4n) is 4.17. The molecule has 34 heavy (non-hydrogen) atoms. The van der Waals surface area contributed by atoms with Gasteiger partial charge in [0.1, 0.15) is 5.58 Å². The summed E-state index contributed by atoms with van der Waals surface area (Å²) < 4.78 is 9.06. The quantitative estimate of drug-likeness (QED) is 0.221. The van der Waals surface area contributed by atoms with Crippen LogP contribution < -0.4 is 11.2 Å². The van der Waals surface area contributed by atoms with Crippen LogP contribution in [0.4, 0.5) is 0 Å². The maximum Gasteiger partial charge on any atom is 0.336 e. The number of para-hydroxylation sites is 1. The standard InChI is InChI=1S/C25H23ClN4O3S/c1-3-5-10-29-23(32)17-8-6-7-9-20(17)30-24(29)27-28-25(30)34-14-16-12-22(31)33-21-11-15(4-2)19(26)13-18(16)21/h6-9,11-13H,3-5,10,14H2,1-2H3. The van der Waals surface area contributed by atoms with Crippen LogP contribution in [0.2, 0.25) is 5.02 Å². The molecule has 5 rings (SSSR count). The van der Waals surface area contributed by atoms with Crippen LogP contribution in [0.15, 0.2) is 61.6 Å². The SMILES string of the molecule is CCCCn1c(=O)c2ccccc2n2c(SCc3cc(=O)oc4cc(CC)c(Cl)cc34)nnc12. The van der Waals surface area contributed by atoms with Gasteiger partial charge in [0.15, 0.2) is 5.16 Å². The van der Waals surface area contributed by atoms with Crippen molar-refractivity contribution in [1.29, 1.82) is 0 Å². The number of aryl methyl sites for hydroxylation is 2. The van der Waals surface area contributed by atoms with Crippen LogP contribution >= 0.6 is 23.4 Å². The van der Waals surface area contributed by atoms with Gasteiger partial charge in [-0.25, -0.2) is 4.79 Å². The molecule has 5 aromatic rings. The van der Waals surface area contributed by atoms with Gasteiger partial charge in [0.05, 0.1) is 10.9 Å². The number of halogens is 1. The summed E-state index contributed by atoms with van der Waals surface area (Å²) in [4.78, 5) is 25.4. The number of nitrogens with zero attached hydrogens (tertiary/aromatic N) is 4. The molecule has 0 bridgehead atoms. The molecule has 0 N–H and O–H groups in total. The minimum absolute atomic E-state index is 0.0615. The third-order valence-corrected chi connectivity index (χ3v) is 7.28. The predicted octanol–water partition coefficient (Wildman–Crippen LogP) is 5.46. The van der Waals surface area contributed by atoms with Crippen LogP contribution in [0.1, 0.15) is 37.8 Å². The van der Waals surface area contributed by atoms with Gasteiger partial charge >= 0.3 is 5.63 Å². The summed E-state index contributed by atoms with van der Waals surface area (Å²) in [6.45, 7) is 4.67. The van der Waals surface area contributed by atoms with Crippen molar-refractivity contribution in [3.63, 3.8) is 0 Å². The van der Waals surface area contributed by atoms with Crippen molar-refractivity contribution < 1.29 is 4.42 Å². The number of thioether (sulfide) groups is 1. The molecule has 0 aliphatic carbocycles. The molecule has 0 radical (unpaired) electrons. The second-order valence-electron chi connectivity index (χ2n) is 8.12. The molecular weight excluding hydrogens is 472 g/mol. The lowest BCUT2D eigenvalue weighted by Gasteiger charge is -2.11.